The Hall–Kier alpha value is -0.380. The average molecular weight is 252 g/mol. The van der Waals surface area contributed by atoms with E-state index in [-0.39, 0.29) is 0 Å². The first kappa shape index (κ1) is 13.1. The van der Waals surface area contributed by atoms with E-state index in [0.29, 0.717) is 6.04 Å². The Kier molecular flexibility index (Phi) is 5.01. The fraction of sp³-hybridized carbons (Fsp3) is 0.714. The summed E-state index contributed by atoms with van der Waals surface area (Å²) in [6, 6.07) is 5.13. The van der Waals surface area contributed by atoms with Crippen LogP contribution in [0.3, 0.4) is 0 Å². The lowest BCUT2D eigenvalue weighted by molar-refractivity contribution is 0.131. The molecule has 0 radical (unpaired) electrons. The molecule has 17 heavy (non-hydrogen) atoms. The highest BCUT2D eigenvalue weighted by Gasteiger charge is 2.25. The minimum absolute atomic E-state index is 0.658. The predicted molar refractivity (Wildman–Crippen MR) is 75.6 cm³/mol. The molecule has 0 saturated carbocycles. The summed E-state index contributed by atoms with van der Waals surface area (Å²) in [4.78, 5) is 4.22. The number of rotatable bonds is 5. The summed E-state index contributed by atoms with van der Waals surface area (Å²) in [5, 5.41) is 5.51. The van der Waals surface area contributed by atoms with Gasteiger partial charge in [-0.3, -0.25) is 4.90 Å². The monoisotopic (exact) mass is 252 g/mol. The molecule has 1 aliphatic heterocycles. The minimum Gasteiger partial charge on any atom is -0.319 e. The van der Waals surface area contributed by atoms with Gasteiger partial charge < -0.3 is 5.32 Å². The van der Waals surface area contributed by atoms with Crippen LogP contribution in [0.1, 0.15) is 37.1 Å². The molecule has 2 rings (SSSR count). The molecule has 0 spiro atoms. The Morgan fingerprint density at radius 3 is 2.76 bits per heavy atom. The molecule has 0 bridgehead atoms. The number of thiophene rings is 1. The van der Waals surface area contributed by atoms with Gasteiger partial charge in [-0.1, -0.05) is 13.0 Å². The number of hydrogen-bond acceptors (Lipinski definition) is 3. The second-order valence-electron chi connectivity index (χ2n) is 4.98. The zero-order chi connectivity index (χ0) is 12.1. The quantitative estimate of drug-likeness (QED) is 0.866. The highest BCUT2D eigenvalue weighted by Crippen LogP contribution is 2.31. The molecule has 1 aromatic heterocycles. The van der Waals surface area contributed by atoms with Crippen molar-refractivity contribution in [1.29, 1.82) is 0 Å². The molecular weight excluding hydrogens is 228 g/mol. The molecule has 1 saturated heterocycles. The zero-order valence-electron chi connectivity index (χ0n) is 11.0. The minimum atomic E-state index is 0.658. The Morgan fingerprint density at radius 2 is 2.24 bits per heavy atom. The van der Waals surface area contributed by atoms with Crippen LogP contribution in [0.5, 0.6) is 0 Å². The molecule has 0 aromatic carbocycles. The van der Waals surface area contributed by atoms with E-state index in [1.54, 1.807) is 4.88 Å². The molecule has 1 aromatic rings. The van der Waals surface area contributed by atoms with Crippen LogP contribution in [-0.2, 0) is 0 Å². The molecule has 2 nitrogen and oxygen atoms in total. The third kappa shape index (κ3) is 3.30. The lowest BCUT2D eigenvalue weighted by Gasteiger charge is -2.37. The van der Waals surface area contributed by atoms with E-state index in [1.165, 1.54) is 38.9 Å². The van der Waals surface area contributed by atoms with E-state index < -0.39 is 0 Å². The van der Waals surface area contributed by atoms with Crippen LogP contribution in [0, 0.1) is 5.92 Å². The number of hydrogen-bond donors (Lipinski definition) is 1. The van der Waals surface area contributed by atoms with Crippen molar-refractivity contribution in [3.63, 3.8) is 0 Å². The van der Waals surface area contributed by atoms with E-state index in [0.717, 1.165) is 5.92 Å². The van der Waals surface area contributed by atoms with Gasteiger partial charge >= 0.3 is 0 Å². The van der Waals surface area contributed by atoms with Crippen molar-refractivity contribution in [2.24, 2.45) is 5.92 Å². The van der Waals surface area contributed by atoms with E-state index >= 15 is 0 Å². The number of piperidine rings is 1. The highest BCUT2D eigenvalue weighted by molar-refractivity contribution is 7.10. The lowest BCUT2D eigenvalue weighted by Crippen LogP contribution is -2.38. The summed E-state index contributed by atoms with van der Waals surface area (Å²) in [7, 11) is 2.06. The molecule has 1 N–H and O–H groups in total. The fourth-order valence-corrected chi connectivity index (χ4v) is 3.82. The third-order valence-corrected chi connectivity index (χ3v) is 4.81. The van der Waals surface area contributed by atoms with Gasteiger partial charge in [0.2, 0.25) is 0 Å². The van der Waals surface area contributed by atoms with Crippen molar-refractivity contribution in [1.82, 2.24) is 10.2 Å². The molecular formula is C14H24N2S. The van der Waals surface area contributed by atoms with E-state index in [9.17, 15) is 0 Å². The van der Waals surface area contributed by atoms with Crippen molar-refractivity contribution >= 4 is 11.3 Å². The van der Waals surface area contributed by atoms with Gasteiger partial charge in [0.15, 0.2) is 0 Å². The molecule has 1 atom stereocenters. The second-order valence-corrected chi connectivity index (χ2v) is 5.96. The Bertz CT molecular complexity index is 302. The zero-order valence-corrected chi connectivity index (χ0v) is 11.8. The van der Waals surface area contributed by atoms with Crippen LogP contribution in [0.25, 0.3) is 0 Å². The van der Waals surface area contributed by atoms with Gasteiger partial charge in [0.1, 0.15) is 0 Å². The van der Waals surface area contributed by atoms with Gasteiger partial charge in [-0.25, -0.2) is 0 Å². The van der Waals surface area contributed by atoms with E-state index in [2.05, 4.69) is 41.7 Å². The SMILES string of the molecule is CCC(c1cccs1)N1CCC(CNC)CC1. The Labute approximate surface area is 109 Å². The van der Waals surface area contributed by atoms with Crippen molar-refractivity contribution in [3.05, 3.63) is 22.4 Å². The third-order valence-electron chi connectivity index (χ3n) is 3.84. The van der Waals surface area contributed by atoms with Crippen molar-refractivity contribution < 1.29 is 0 Å². The van der Waals surface area contributed by atoms with Crippen LogP contribution < -0.4 is 5.32 Å². The Morgan fingerprint density at radius 1 is 1.47 bits per heavy atom. The first-order valence-electron chi connectivity index (χ1n) is 6.77. The largest absolute Gasteiger partial charge is 0.319 e. The first-order valence-corrected chi connectivity index (χ1v) is 7.65. The molecule has 96 valence electrons. The predicted octanol–water partition coefficient (Wildman–Crippen LogP) is 3.13. The molecule has 3 heteroatoms. The second kappa shape index (κ2) is 6.53. The number of nitrogens with zero attached hydrogens (tertiary/aromatic N) is 1. The number of nitrogens with one attached hydrogen (secondary N) is 1. The maximum absolute atomic E-state index is 3.31. The van der Waals surface area contributed by atoms with Crippen LogP contribution in [0.4, 0.5) is 0 Å². The summed E-state index contributed by atoms with van der Waals surface area (Å²) in [5.41, 5.74) is 0. The Balaban J connectivity index is 1.90. The molecule has 1 fully saturated rings. The molecule has 1 unspecified atom stereocenters. The molecule has 0 aliphatic carbocycles. The van der Waals surface area contributed by atoms with Crippen LogP contribution >= 0.6 is 11.3 Å². The smallest absolute Gasteiger partial charge is 0.0438 e. The summed E-state index contributed by atoms with van der Waals surface area (Å²) in [5.74, 6) is 0.886. The number of likely N-dealkylation sites (tertiary alicyclic amines) is 1. The van der Waals surface area contributed by atoms with Gasteiger partial charge in [0, 0.05) is 10.9 Å². The van der Waals surface area contributed by atoms with Crippen LogP contribution in [-0.4, -0.2) is 31.6 Å². The highest BCUT2D eigenvalue weighted by atomic mass is 32.1. The van der Waals surface area contributed by atoms with Crippen LogP contribution in [0.2, 0.25) is 0 Å². The van der Waals surface area contributed by atoms with Gasteiger partial charge in [-0.05, 0) is 63.3 Å². The normalized spacial score (nSPS) is 20.6. The van der Waals surface area contributed by atoms with Crippen molar-refractivity contribution in [2.45, 2.75) is 32.2 Å². The molecule has 2 heterocycles. The van der Waals surface area contributed by atoms with Gasteiger partial charge in [-0.2, -0.15) is 0 Å². The maximum atomic E-state index is 3.31. The van der Waals surface area contributed by atoms with Gasteiger partial charge in [-0.15, -0.1) is 11.3 Å². The topological polar surface area (TPSA) is 15.3 Å². The van der Waals surface area contributed by atoms with Crippen molar-refractivity contribution in [3.8, 4) is 0 Å². The van der Waals surface area contributed by atoms with Gasteiger partial charge in [0.25, 0.3) is 0 Å². The standard InChI is InChI=1S/C14H24N2S/c1-3-13(14-5-4-10-17-14)16-8-6-12(7-9-16)11-15-2/h4-5,10,12-13,15H,3,6-9,11H2,1-2H3. The summed E-state index contributed by atoms with van der Waals surface area (Å²) < 4.78 is 0. The maximum Gasteiger partial charge on any atom is 0.0438 e. The first-order chi connectivity index (χ1) is 8.35. The summed E-state index contributed by atoms with van der Waals surface area (Å²) >= 11 is 1.91. The molecule has 1 aliphatic rings. The average Bonchev–Trinajstić information content (AvgIpc) is 2.86. The summed E-state index contributed by atoms with van der Waals surface area (Å²) in [6.07, 6.45) is 3.93. The van der Waals surface area contributed by atoms with Crippen LogP contribution in [0.15, 0.2) is 17.5 Å². The van der Waals surface area contributed by atoms with E-state index in [4.69, 9.17) is 0 Å². The fourth-order valence-electron chi connectivity index (χ4n) is 2.88. The lowest BCUT2D eigenvalue weighted by atomic mass is 9.95. The van der Waals surface area contributed by atoms with E-state index in [1.807, 2.05) is 11.3 Å². The van der Waals surface area contributed by atoms with Gasteiger partial charge in [0.05, 0.1) is 0 Å². The van der Waals surface area contributed by atoms with Crippen molar-refractivity contribution in [2.75, 3.05) is 26.7 Å². The molecule has 0 amide bonds. The summed E-state index contributed by atoms with van der Waals surface area (Å²) in [6.45, 7) is 6.03.